The van der Waals surface area contributed by atoms with Gasteiger partial charge in [-0.25, -0.2) is 4.39 Å². The van der Waals surface area contributed by atoms with Crippen LogP contribution in [0.2, 0.25) is 0 Å². The number of rotatable bonds is 5. The van der Waals surface area contributed by atoms with E-state index in [0.717, 1.165) is 12.8 Å². The maximum atomic E-state index is 13.4. The Morgan fingerprint density at radius 1 is 1.14 bits per heavy atom. The molecule has 0 saturated heterocycles. The van der Waals surface area contributed by atoms with Gasteiger partial charge in [-0.1, -0.05) is 12.1 Å². The normalized spacial score (nSPS) is 13.8. The molecule has 0 bridgehead atoms. The monoisotopic (exact) mass is 286 g/mol. The number of benzene rings is 2. The second-order valence-corrected chi connectivity index (χ2v) is 5.02. The third-order valence-corrected chi connectivity index (χ3v) is 3.34. The first-order valence-electron chi connectivity index (χ1n) is 6.82. The van der Waals surface area contributed by atoms with E-state index < -0.39 is 5.82 Å². The molecule has 3 nitrogen and oxygen atoms in total. The molecule has 1 fully saturated rings. The molecule has 1 saturated carbocycles. The molecule has 4 heteroatoms. The second kappa shape index (κ2) is 5.56. The van der Waals surface area contributed by atoms with Crippen molar-refractivity contribution < 1.29 is 18.7 Å². The van der Waals surface area contributed by atoms with Gasteiger partial charge < -0.3 is 9.47 Å². The maximum absolute atomic E-state index is 13.4. The van der Waals surface area contributed by atoms with Crippen LogP contribution in [0.3, 0.4) is 0 Å². The molecule has 2 aromatic carbocycles. The molecule has 0 N–H and O–H groups in total. The summed E-state index contributed by atoms with van der Waals surface area (Å²) in [5.74, 6) is 0.0816. The van der Waals surface area contributed by atoms with Gasteiger partial charge in [-0.05, 0) is 43.2 Å². The fourth-order valence-corrected chi connectivity index (χ4v) is 2.06. The lowest BCUT2D eigenvalue weighted by Gasteiger charge is -2.08. The molecule has 0 heterocycles. The lowest BCUT2D eigenvalue weighted by molar-refractivity contribution is 0.103. The fraction of sp³-hybridized carbons (Fsp3) is 0.235. The average molecular weight is 286 g/mol. The summed E-state index contributed by atoms with van der Waals surface area (Å²) in [6.45, 7) is 0. The van der Waals surface area contributed by atoms with Gasteiger partial charge in [-0.15, -0.1) is 0 Å². The molecule has 0 spiro atoms. The van der Waals surface area contributed by atoms with Crippen molar-refractivity contribution in [3.8, 4) is 11.5 Å². The number of ketones is 1. The molecule has 108 valence electrons. The van der Waals surface area contributed by atoms with Gasteiger partial charge in [0.1, 0.15) is 5.75 Å². The molecule has 2 aromatic rings. The van der Waals surface area contributed by atoms with Crippen LogP contribution in [0.15, 0.2) is 42.5 Å². The molecule has 3 rings (SSSR count). The highest BCUT2D eigenvalue weighted by Gasteiger charge is 2.23. The van der Waals surface area contributed by atoms with Gasteiger partial charge in [0.25, 0.3) is 0 Å². The summed E-state index contributed by atoms with van der Waals surface area (Å²) in [5.41, 5.74) is 0.902. The van der Waals surface area contributed by atoms with Crippen molar-refractivity contribution in [1.29, 1.82) is 0 Å². The van der Waals surface area contributed by atoms with E-state index in [1.807, 2.05) is 6.07 Å². The average Bonchev–Trinajstić information content (AvgIpc) is 3.31. The first kappa shape index (κ1) is 13.6. The van der Waals surface area contributed by atoms with Crippen LogP contribution in [0.4, 0.5) is 4.39 Å². The van der Waals surface area contributed by atoms with Crippen LogP contribution in [0, 0.1) is 5.82 Å². The predicted molar refractivity (Wildman–Crippen MR) is 76.5 cm³/mol. The van der Waals surface area contributed by atoms with Gasteiger partial charge in [0.15, 0.2) is 17.3 Å². The van der Waals surface area contributed by atoms with Crippen LogP contribution >= 0.6 is 0 Å². The first-order chi connectivity index (χ1) is 10.2. The third-order valence-electron chi connectivity index (χ3n) is 3.34. The van der Waals surface area contributed by atoms with Crippen LogP contribution in [0.25, 0.3) is 0 Å². The summed E-state index contributed by atoms with van der Waals surface area (Å²) in [6.07, 6.45) is 2.40. The number of carbonyl (C=O) groups is 1. The van der Waals surface area contributed by atoms with Gasteiger partial charge in [-0.3, -0.25) is 4.79 Å². The summed E-state index contributed by atoms with van der Waals surface area (Å²) in [4.78, 5) is 12.4. The molecule has 0 aromatic heterocycles. The Labute approximate surface area is 122 Å². The lowest BCUT2D eigenvalue weighted by atomic mass is 10.0. The zero-order chi connectivity index (χ0) is 14.8. The van der Waals surface area contributed by atoms with Crippen molar-refractivity contribution in [2.75, 3.05) is 7.11 Å². The van der Waals surface area contributed by atoms with E-state index in [4.69, 9.17) is 9.47 Å². The number of halogens is 1. The molecular formula is C17H15FO3. The van der Waals surface area contributed by atoms with E-state index in [1.165, 1.54) is 25.3 Å². The Bertz CT molecular complexity index is 677. The van der Waals surface area contributed by atoms with Crippen molar-refractivity contribution >= 4 is 5.78 Å². The Morgan fingerprint density at radius 3 is 2.62 bits per heavy atom. The van der Waals surface area contributed by atoms with Crippen LogP contribution in [-0.2, 0) is 0 Å². The van der Waals surface area contributed by atoms with E-state index in [2.05, 4.69) is 0 Å². The SMILES string of the molecule is COc1cc(C(=O)c2cccc(OC3CC3)c2)ccc1F. The molecule has 1 aliphatic carbocycles. The maximum Gasteiger partial charge on any atom is 0.193 e. The van der Waals surface area contributed by atoms with Crippen LogP contribution in [-0.4, -0.2) is 19.0 Å². The summed E-state index contributed by atoms with van der Waals surface area (Å²) >= 11 is 0. The van der Waals surface area contributed by atoms with E-state index in [0.29, 0.717) is 16.9 Å². The minimum absolute atomic E-state index is 0.0613. The summed E-state index contributed by atoms with van der Waals surface area (Å²) in [6, 6.07) is 11.2. The van der Waals surface area contributed by atoms with Crippen LogP contribution in [0.5, 0.6) is 11.5 Å². The topological polar surface area (TPSA) is 35.5 Å². The number of carbonyl (C=O) groups excluding carboxylic acids is 1. The number of hydrogen-bond donors (Lipinski definition) is 0. The number of hydrogen-bond acceptors (Lipinski definition) is 3. The molecule has 0 aliphatic heterocycles. The summed E-state index contributed by atoms with van der Waals surface area (Å²) < 4.78 is 24.0. The summed E-state index contributed by atoms with van der Waals surface area (Å²) in [5, 5.41) is 0. The quantitative estimate of drug-likeness (QED) is 0.788. The third kappa shape index (κ3) is 3.05. The van der Waals surface area contributed by atoms with Crippen LogP contribution < -0.4 is 9.47 Å². The molecule has 0 unspecified atom stereocenters. The molecule has 1 aliphatic rings. The van der Waals surface area contributed by atoms with E-state index in [-0.39, 0.29) is 17.6 Å². The Balaban J connectivity index is 1.87. The lowest BCUT2D eigenvalue weighted by Crippen LogP contribution is -2.04. The molecular weight excluding hydrogens is 271 g/mol. The number of ether oxygens (including phenoxy) is 2. The summed E-state index contributed by atoms with van der Waals surface area (Å²) in [7, 11) is 1.37. The highest BCUT2D eigenvalue weighted by atomic mass is 19.1. The van der Waals surface area contributed by atoms with Gasteiger partial charge >= 0.3 is 0 Å². The van der Waals surface area contributed by atoms with Crippen molar-refractivity contribution in [2.45, 2.75) is 18.9 Å². The highest BCUT2D eigenvalue weighted by Crippen LogP contribution is 2.28. The minimum Gasteiger partial charge on any atom is -0.494 e. The zero-order valence-corrected chi connectivity index (χ0v) is 11.6. The molecule has 21 heavy (non-hydrogen) atoms. The molecule has 0 amide bonds. The Hall–Kier alpha value is -2.36. The van der Waals surface area contributed by atoms with Crippen molar-refractivity contribution in [1.82, 2.24) is 0 Å². The molecule has 0 radical (unpaired) electrons. The first-order valence-corrected chi connectivity index (χ1v) is 6.82. The largest absolute Gasteiger partial charge is 0.494 e. The zero-order valence-electron chi connectivity index (χ0n) is 11.6. The van der Waals surface area contributed by atoms with E-state index >= 15 is 0 Å². The fourth-order valence-electron chi connectivity index (χ4n) is 2.06. The van der Waals surface area contributed by atoms with Gasteiger partial charge in [0, 0.05) is 11.1 Å². The standard InChI is InChI=1S/C17H15FO3/c1-20-16-10-12(5-8-15(16)18)17(19)11-3-2-4-14(9-11)21-13-6-7-13/h2-5,8-10,13H,6-7H2,1H3. The van der Waals surface area contributed by atoms with Gasteiger partial charge in [0.05, 0.1) is 13.2 Å². The predicted octanol–water partition coefficient (Wildman–Crippen LogP) is 3.61. The number of methoxy groups -OCH3 is 1. The second-order valence-electron chi connectivity index (χ2n) is 5.02. The smallest absolute Gasteiger partial charge is 0.193 e. The Kier molecular flexibility index (Phi) is 3.60. The van der Waals surface area contributed by atoms with Crippen molar-refractivity contribution in [2.24, 2.45) is 0 Å². The van der Waals surface area contributed by atoms with Crippen molar-refractivity contribution in [3.63, 3.8) is 0 Å². The van der Waals surface area contributed by atoms with Gasteiger partial charge in [-0.2, -0.15) is 0 Å². The molecule has 0 atom stereocenters. The van der Waals surface area contributed by atoms with E-state index in [1.54, 1.807) is 18.2 Å². The Morgan fingerprint density at radius 2 is 1.90 bits per heavy atom. The van der Waals surface area contributed by atoms with Gasteiger partial charge in [0.2, 0.25) is 0 Å². The van der Waals surface area contributed by atoms with Crippen molar-refractivity contribution in [3.05, 3.63) is 59.4 Å². The van der Waals surface area contributed by atoms with E-state index in [9.17, 15) is 9.18 Å². The highest BCUT2D eigenvalue weighted by molar-refractivity contribution is 6.09. The minimum atomic E-state index is -0.486. The van der Waals surface area contributed by atoms with Crippen LogP contribution in [0.1, 0.15) is 28.8 Å².